The Bertz CT molecular complexity index is 425. The number of benzene rings is 1. The van der Waals surface area contributed by atoms with Crippen LogP contribution >= 0.6 is 0 Å². The molecule has 15 heavy (non-hydrogen) atoms. The predicted octanol–water partition coefficient (Wildman–Crippen LogP) is 1.11. The van der Waals surface area contributed by atoms with Gasteiger partial charge in [-0.3, -0.25) is 4.79 Å². The van der Waals surface area contributed by atoms with Crippen molar-refractivity contribution in [3.05, 3.63) is 37.3 Å². The van der Waals surface area contributed by atoms with Crippen molar-refractivity contribution >= 4 is 15.9 Å². The van der Waals surface area contributed by atoms with Crippen LogP contribution in [0.4, 0.5) is 0 Å². The van der Waals surface area contributed by atoms with E-state index in [2.05, 4.69) is 6.92 Å². The number of carbonyl (C=O) groups excluding carboxylic acids is 1. The van der Waals surface area contributed by atoms with Crippen molar-refractivity contribution in [1.82, 2.24) is 4.72 Å². The topological polar surface area (TPSA) is 63.2 Å². The Hall–Kier alpha value is -1.36. The predicted molar refractivity (Wildman–Crippen MR) is 56.4 cm³/mol. The SMILES string of the molecule is [CH2]CCC(=O)NS(=O)(=O)c1ccccc1. The van der Waals surface area contributed by atoms with Gasteiger partial charge in [-0.15, -0.1) is 0 Å². The molecule has 0 heterocycles. The van der Waals surface area contributed by atoms with Crippen LogP contribution in [0.25, 0.3) is 0 Å². The summed E-state index contributed by atoms with van der Waals surface area (Å²) in [5.74, 6) is -0.533. The fourth-order valence-electron chi connectivity index (χ4n) is 1.02. The molecule has 0 atom stereocenters. The van der Waals surface area contributed by atoms with Crippen LogP contribution < -0.4 is 4.72 Å². The Labute approximate surface area is 89.4 Å². The molecule has 0 aromatic heterocycles. The summed E-state index contributed by atoms with van der Waals surface area (Å²) in [6, 6.07) is 7.76. The monoisotopic (exact) mass is 226 g/mol. The van der Waals surface area contributed by atoms with Crippen molar-refractivity contribution in [3.8, 4) is 0 Å². The lowest BCUT2D eigenvalue weighted by molar-refractivity contribution is -0.119. The van der Waals surface area contributed by atoms with E-state index in [9.17, 15) is 13.2 Å². The summed E-state index contributed by atoms with van der Waals surface area (Å²) < 4.78 is 25.1. The molecule has 0 spiro atoms. The van der Waals surface area contributed by atoms with Gasteiger partial charge in [-0.05, 0) is 18.6 Å². The molecule has 5 heteroatoms. The lowest BCUT2D eigenvalue weighted by atomic mass is 10.3. The highest BCUT2D eigenvalue weighted by atomic mass is 32.2. The van der Waals surface area contributed by atoms with Gasteiger partial charge in [0.05, 0.1) is 4.90 Å². The second-order valence-corrected chi connectivity index (χ2v) is 4.63. The first-order valence-electron chi connectivity index (χ1n) is 4.46. The molecule has 1 aromatic rings. The van der Waals surface area contributed by atoms with Crippen LogP contribution in [0.5, 0.6) is 0 Å². The zero-order valence-electron chi connectivity index (χ0n) is 8.14. The molecule has 0 aliphatic carbocycles. The highest BCUT2D eigenvalue weighted by Gasteiger charge is 2.15. The molecule has 0 fully saturated rings. The van der Waals surface area contributed by atoms with E-state index in [1.807, 2.05) is 4.72 Å². The molecule has 1 N–H and O–H groups in total. The van der Waals surface area contributed by atoms with E-state index in [4.69, 9.17) is 0 Å². The molecule has 0 saturated heterocycles. The highest BCUT2D eigenvalue weighted by Crippen LogP contribution is 2.07. The molecule has 4 nitrogen and oxygen atoms in total. The van der Waals surface area contributed by atoms with E-state index in [1.54, 1.807) is 18.2 Å². The zero-order valence-corrected chi connectivity index (χ0v) is 8.96. The summed E-state index contributed by atoms with van der Waals surface area (Å²) in [5.41, 5.74) is 0. The van der Waals surface area contributed by atoms with Crippen LogP contribution in [0, 0.1) is 6.92 Å². The average molecular weight is 226 g/mol. The molecule has 81 valence electrons. The van der Waals surface area contributed by atoms with Crippen molar-refractivity contribution in [2.75, 3.05) is 0 Å². The quantitative estimate of drug-likeness (QED) is 0.836. The molecule has 1 amide bonds. The van der Waals surface area contributed by atoms with Gasteiger partial charge in [0, 0.05) is 6.42 Å². The maximum atomic E-state index is 11.6. The number of sulfonamides is 1. The standard InChI is InChI=1S/C10H12NO3S/c1-2-6-10(12)11-15(13,14)9-7-4-3-5-8-9/h3-5,7-8H,1-2,6H2,(H,11,12). The number of amides is 1. The average Bonchev–Trinajstić information content (AvgIpc) is 2.18. The lowest BCUT2D eigenvalue weighted by Crippen LogP contribution is -2.30. The van der Waals surface area contributed by atoms with Gasteiger partial charge in [-0.25, -0.2) is 13.1 Å². The number of hydrogen-bond donors (Lipinski definition) is 1. The molecule has 0 bridgehead atoms. The van der Waals surface area contributed by atoms with E-state index in [1.165, 1.54) is 12.1 Å². The van der Waals surface area contributed by atoms with Crippen molar-refractivity contribution in [2.24, 2.45) is 0 Å². The molecule has 0 aliphatic heterocycles. The van der Waals surface area contributed by atoms with Crippen LogP contribution in [0.3, 0.4) is 0 Å². The van der Waals surface area contributed by atoms with Crippen LogP contribution in [0.1, 0.15) is 12.8 Å². The molecule has 0 unspecified atom stereocenters. The minimum atomic E-state index is -3.71. The van der Waals surface area contributed by atoms with Gasteiger partial charge in [0.2, 0.25) is 5.91 Å². The fraction of sp³-hybridized carbons (Fsp3) is 0.200. The highest BCUT2D eigenvalue weighted by molar-refractivity contribution is 7.90. The first kappa shape index (κ1) is 11.7. The van der Waals surface area contributed by atoms with E-state index >= 15 is 0 Å². The molecular formula is C10H12NO3S. The lowest BCUT2D eigenvalue weighted by Gasteiger charge is -2.05. The number of rotatable bonds is 4. The third-order valence-corrected chi connectivity index (χ3v) is 3.09. The van der Waals surface area contributed by atoms with E-state index in [0.717, 1.165) is 0 Å². The van der Waals surface area contributed by atoms with Crippen LogP contribution in [0.15, 0.2) is 35.2 Å². The first-order chi connectivity index (χ1) is 7.06. The van der Waals surface area contributed by atoms with E-state index in [-0.39, 0.29) is 11.3 Å². The van der Waals surface area contributed by atoms with Gasteiger partial charge in [-0.2, -0.15) is 0 Å². The van der Waals surface area contributed by atoms with Crippen molar-refractivity contribution in [3.63, 3.8) is 0 Å². The second kappa shape index (κ2) is 4.93. The fourth-order valence-corrected chi connectivity index (χ4v) is 2.06. The number of hydrogen-bond acceptors (Lipinski definition) is 3. The summed E-state index contributed by atoms with van der Waals surface area (Å²) in [4.78, 5) is 11.2. The Morgan fingerprint density at radius 3 is 2.40 bits per heavy atom. The van der Waals surface area contributed by atoms with Gasteiger partial charge in [-0.1, -0.05) is 25.1 Å². The minimum absolute atomic E-state index is 0.0856. The van der Waals surface area contributed by atoms with Crippen molar-refractivity contribution in [2.45, 2.75) is 17.7 Å². The largest absolute Gasteiger partial charge is 0.274 e. The summed E-state index contributed by atoms with van der Waals surface area (Å²) in [6.45, 7) is 3.47. The maximum absolute atomic E-state index is 11.6. The van der Waals surface area contributed by atoms with Gasteiger partial charge in [0.1, 0.15) is 0 Å². The number of carbonyl (C=O) groups is 1. The molecule has 1 radical (unpaired) electrons. The van der Waals surface area contributed by atoms with Crippen LogP contribution in [-0.2, 0) is 14.8 Å². The van der Waals surface area contributed by atoms with Crippen LogP contribution in [-0.4, -0.2) is 14.3 Å². The summed E-state index contributed by atoms with van der Waals surface area (Å²) >= 11 is 0. The van der Waals surface area contributed by atoms with Crippen LogP contribution in [0.2, 0.25) is 0 Å². The smallest absolute Gasteiger partial charge is 0.264 e. The second-order valence-electron chi connectivity index (χ2n) is 2.95. The van der Waals surface area contributed by atoms with Gasteiger partial charge < -0.3 is 0 Å². The van der Waals surface area contributed by atoms with Gasteiger partial charge >= 0.3 is 0 Å². The van der Waals surface area contributed by atoms with E-state index in [0.29, 0.717) is 6.42 Å². The molecular weight excluding hydrogens is 214 g/mol. The normalized spacial score (nSPS) is 11.0. The zero-order chi connectivity index (χ0) is 11.3. The molecule has 1 aromatic carbocycles. The Morgan fingerprint density at radius 1 is 1.27 bits per heavy atom. The molecule has 1 rings (SSSR count). The number of nitrogens with one attached hydrogen (secondary N) is 1. The molecule has 0 aliphatic rings. The maximum Gasteiger partial charge on any atom is 0.264 e. The molecule has 0 saturated carbocycles. The summed E-state index contributed by atoms with van der Waals surface area (Å²) in [5, 5.41) is 0. The van der Waals surface area contributed by atoms with Crippen molar-refractivity contribution in [1.29, 1.82) is 0 Å². The summed E-state index contributed by atoms with van der Waals surface area (Å²) in [6.07, 6.45) is 0.474. The van der Waals surface area contributed by atoms with E-state index < -0.39 is 15.9 Å². The third kappa shape index (κ3) is 3.36. The first-order valence-corrected chi connectivity index (χ1v) is 5.94. The Balaban J connectivity index is 2.81. The van der Waals surface area contributed by atoms with Gasteiger partial charge in [0.15, 0.2) is 0 Å². The van der Waals surface area contributed by atoms with Gasteiger partial charge in [0.25, 0.3) is 10.0 Å². The Morgan fingerprint density at radius 2 is 1.87 bits per heavy atom. The van der Waals surface area contributed by atoms with Crippen molar-refractivity contribution < 1.29 is 13.2 Å². The summed E-state index contributed by atoms with van der Waals surface area (Å²) in [7, 11) is -3.71. The Kier molecular flexibility index (Phi) is 3.85. The third-order valence-electron chi connectivity index (χ3n) is 1.71. The minimum Gasteiger partial charge on any atom is -0.274 e.